The van der Waals surface area contributed by atoms with Gasteiger partial charge >= 0.3 is 5.97 Å². The molecule has 0 unspecified atom stereocenters. The molecule has 106 valence electrons. The summed E-state index contributed by atoms with van der Waals surface area (Å²) in [5, 5.41) is 20.6. The number of rotatable bonds is 6. The van der Waals surface area contributed by atoms with Gasteiger partial charge in [-0.25, -0.2) is 4.79 Å². The number of nitrogens with one attached hydrogen (secondary N) is 1. The maximum absolute atomic E-state index is 11.5. The minimum absolute atomic E-state index is 0.0571. The van der Waals surface area contributed by atoms with Crippen LogP contribution in [0.3, 0.4) is 0 Å². The Morgan fingerprint density at radius 1 is 1.45 bits per heavy atom. The highest BCUT2D eigenvalue weighted by atomic mass is 16.4. The number of nitrogens with zero attached hydrogens (tertiary/aromatic N) is 2. The Hall–Kier alpha value is -2.55. The first-order chi connectivity index (χ1) is 9.53. The van der Waals surface area contributed by atoms with Crippen molar-refractivity contribution in [2.75, 3.05) is 25.0 Å². The number of carbonyl (C=O) groups is 2. The molecule has 0 heterocycles. The van der Waals surface area contributed by atoms with Crippen molar-refractivity contribution in [2.45, 2.75) is 13.3 Å². The fourth-order valence-electron chi connectivity index (χ4n) is 1.84. The van der Waals surface area contributed by atoms with Gasteiger partial charge in [-0.1, -0.05) is 6.92 Å². The summed E-state index contributed by atoms with van der Waals surface area (Å²) in [6, 6.07) is 6.31. The Balaban J connectivity index is 3.16. The average Bonchev–Trinajstić information content (AvgIpc) is 2.45. The Morgan fingerprint density at radius 3 is 2.65 bits per heavy atom. The Morgan fingerprint density at radius 2 is 2.15 bits per heavy atom. The summed E-state index contributed by atoms with van der Waals surface area (Å²) in [6.45, 7) is 2.70. The maximum atomic E-state index is 11.5. The van der Waals surface area contributed by atoms with E-state index in [-0.39, 0.29) is 23.6 Å². The number of carboxylic acids is 1. The number of nitriles is 1. The molecule has 20 heavy (non-hydrogen) atoms. The van der Waals surface area contributed by atoms with Gasteiger partial charge in [-0.2, -0.15) is 5.26 Å². The molecule has 0 saturated carbocycles. The summed E-state index contributed by atoms with van der Waals surface area (Å²) in [5.41, 5.74) is 0.881. The zero-order chi connectivity index (χ0) is 15.1. The third-order valence-corrected chi connectivity index (χ3v) is 2.81. The van der Waals surface area contributed by atoms with Gasteiger partial charge in [-0.05, 0) is 24.6 Å². The molecule has 1 aromatic carbocycles. The minimum Gasteiger partial charge on any atom is -0.478 e. The molecule has 0 spiro atoms. The Bertz CT molecular complexity index is 549. The number of hydrogen-bond donors (Lipinski definition) is 2. The van der Waals surface area contributed by atoms with E-state index in [1.54, 1.807) is 18.0 Å². The van der Waals surface area contributed by atoms with E-state index in [0.29, 0.717) is 12.2 Å². The SMILES string of the molecule is CCCN(CC(=O)NC)c1ccc(C(=O)O)cc1C#N. The zero-order valence-electron chi connectivity index (χ0n) is 11.5. The van der Waals surface area contributed by atoms with Gasteiger partial charge in [-0.3, -0.25) is 4.79 Å². The van der Waals surface area contributed by atoms with E-state index in [0.717, 1.165) is 6.42 Å². The van der Waals surface area contributed by atoms with Crippen LogP contribution in [0.25, 0.3) is 0 Å². The molecule has 0 saturated heterocycles. The smallest absolute Gasteiger partial charge is 0.335 e. The first kappa shape index (κ1) is 15.5. The van der Waals surface area contributed by atoms with Gasteiger partial charge in [0.2, 0.25) is 5.91 Å². The normalized spacial score (nSPS) is 9.65. The number of carboxylic acid groups (broad SMARTS) is 1. The lowest BCUT2D eigenvalue weighted by atomic mass is 10.1. The third kappa shape index (κ3) is 3.72. The van der Waals surface area contributed by atoms with Gasteiger partial charge in [0, 0.05) is 13.6 Å². The number of benzene rings is 1. The number of amides is 1. The molecular weight excluding hydrogens is 258 g/mol. The van der Waals surface area contributed by atoms with E-state index < -0.39 is 5.97 Å². The van der Waals surface area contributed by atoms with Gasteiger partial charge in [0.25, 0.3) is 0 Å². The van der Waals surface area contributed by atoms with Crippen LogP contribution >= 0.6 is 0 Å². The standard InChI is InChI=1S/C14H17N3O3/c1-3-6-17(9-13(18)16-2)12-5-4-10(14(19)20)7-11(12)8-15/h4-5,7H,3,6,9H2,1-2H3,(H,16,18)(H,19,20). The van der Waals surface area contributed by atoms with E-state index in [1.807, 2.05) is 13.0 Å². The molecule has 0 aliphatic rings. The second-order valence-electron chi connectivity index (χ2n) is 4.24. The van der Waals surface area contributed by atoms with E-state index in [4.69, 9.17) is 10.4 Å². The second kappa shape index (κ2) is 7.14. The van der Waals surface area contributed by atoms with Crippen LogP contribution in [0.2, 0.25) is 0 Å². The Labute approximate surface area is 117 Å². The van der Waals surface area contributed by atoms with Crippen molar-refractivity contribution in [3.05, 3.63) is 29.3 Å². The van der Waals surface area contributed by atoms with Crippen molar-refractivity contribution >= 4 is 17.6 Å². The third-order valence-electron chi connectivity index (χ3n) is 2.81. The predicted octanol–water partition coefficient (Wildman–Crippen LogP) is 1.22. The largest absolute Gasteiger partial charge is 0.478 e. The van der Waals surface area contributed by atoms with Crippen LogP contribution in [0.5, 0.6) is 0 Å². The number of carbonyl (C=O) groups excluding carboxylic acids is 1. The van der Waals surface area contributed by atoms with Crippen molar-refractivity contribution in [1.29, 1.82) is 5.26 Å². The van der Waals surface area contributed by atoms with Gasteiger partial charge < -0.3 is 15.3 Å². The fraction of sp³-hybridized carbons (Fsp3) is 0.357. The lowest BCUT2D eigenvalue weighted by Crippen LogP contribution is -2.36. The van der Waals surface area contributed by atoms with Crippen LogP contribution in [0.15, 0.2) is 18.2 Å². The highest BCUT2D eigenvalue weighted by molar-refractivity contribution is 5.89. The van der Waals surface area contributed by atoms with Gasteiger partial charge in [-0.15, -0.1) is 0 Å². The first-order valence-corrected chi connectivity index (χ1v) is 6.26. The molecule has 0 bridgehead atoms. The maximum Gasteiger partial charge on any atom is 0.335 e. The van der Waals surface area contributed by atoms with Crippen molar-refractivity contribution in [1.82, 2.24) is 5.32 Å². The molecule has 0 atom stereocenters. The van der Waals surface area contributed by atoms with Crippen LogP contribution in [0.4, 0.5) is 5.69 Å². The first-order valence-electron chi connectivity index (χ1n) is 6.26. The van der Waals surface area contributed by atoms with Crippen LogP contribution in [0.1, 0.15) is 29.3 Å². The van der Waals surface area contributed by atoms with Crippen molar-refractivity contribution in [2.24, 2.45) is 0 Å². The molecule has 6 nitrogen and oxygen atoms in total. The van der Waals surface area contributed by atoms with Gasteiger partial charge in [0.05, 0.1) is 23.4 Å². The van der Waals surface area contributed by atoms with E-state index in [2.05, 4.69) is 5.32 Å². The van der Waals surface area contributed by atoms with E-state index in [1.165, 1.54) is 12.1 Å². The number of hydrogen-bond acceptors (Lipinski definition) is 4. The topological polar surface area (TPSA) is 93.4 Å². The fourth-order valence-corrected chi connectivity index (χ4v) is 1.84. The quantitative estimate of drug-likeness (QED) is 0.814. The van der Waals surface area contributed by atoms with E-state index in [9.17, 15) is 9.59 Å². The monoisotopic (exact) mass is 275 g/mol. The van der Waals surface area contributed by atoms with Crippen LogP contribution < -0.4 is 10.2 Å². The molecule has 2 N–H and O–H groups in total. The number of aromatic carboxylic acids is 1. The number of anilines is 1. The summed E-state index contributed by atoms with van der Waals surface area (Å²) in [7, 11) is 1.55. The lowest BCUT2D eigenvalue weighted by Gasteiger charge is -2.24. The van der Waals surface area contributed by atoms with Gasteiger partial charge in [0.15, 0.2) is 0 Å². The summed E-state index contributed by atoms with van der Waals surface area (Å²) < 4.78 is 0. The second-order valence-corrected chi connectivity index (χ2v) is 4.24. The minimum atomic E-state index is -1.08. The molecule has 0 aliphatic heterocycles. The van der Waals surface area contributed by atoms with Crippen molar-refractivity contribution < 1.29 is 14.7 Å². The molecule has 0 fully saturated rings. The predicted molar refractivity (Wildman–Crippen MR) is 74.7 cm³/mol. The van der Waals surface area contributed by atoms with Crippen LogP contribution in [-0.2, 0) is 4.79 Å². The van der Waals surface area contributed by atoms with E-state index >= 15 is 0 Å². The molecule has 1 aromatic rings. The highest BCUT2D eigenvalue weighted by Gasteiger charge is 2.15. The van der Waals surface area contributed by atoms with Crippen LogP contribution in [-0.4, -0.2) is 37.1 Å². The van der Waals surface area contributed by atoms with Crippen molar-refractivity contribution in [3.63, 3.8) is 0 Å². The average molecular weight is 275 g/mol. The molecule has 6 heteroatoms. The van der Waals surface area contributed by atoms with Gasteiger partial charge in [0.1, 0.15) is 6.07 Å². The summed E-state index contributed by atoms with van der Waals surface area (Å²) >= 11 is 0. The highest BCUT2D eigenvalue weighted by Crippen LogP contribution is 2.22. The lowest BCUT2D eigenvalue weighted by molar-refractivity contribution is -0.119. The van der Waals surface area contributed by atoms with Crippen molar-refractivity contribution in [3.8, 4) is 6.07 Å². The molecule has 0 radical (unpaired) electrons. The molecule has 0 aliphatic carbocycles. The molecule has 0 aromatic heterocycles. The summed E-state index contributed by atoms with van der Waals surface area (Å²) in [6.07, 6.45) is 0.808. The number of likely N-dealkylation sites (N-methyl/N-ethyl adjacent to an activating group) is 1. The zero-order valence-corrected chi connectivity index (χ0v) is 11.5. The molecule has 1 amide bonds. The summed E-state index contributed by atoms with van der Waals surface area (Å²) in [5.74, 6) is -1.24. The van der Waals surface area contributed by atoms with Crippen LogP contribution in [0, 0.1) is 11.3 Å². The Kier molecular flexibility index (Phi) is 5.54. The summed E-state index contributed by atoms with van der Waals surface area (Å²) in [4.78, 5) is 24.2. The molecular formula is C14H17N3O3. The molecule has 1 rings (SSSR count).